The Hall–Kier alpha value is -1.88. The van der Waals surface area contributed by atoms with Crippen LogP contribution in [0.3, 0.4) is 0 Å². The third kappa shape index (κ3) is 3.07. The van der Waals surface area contributed by atoms with Gasteiger partial charge in [-0.3, -0.25) is 4.79 Å². The number of hydrogen-bond acceptors (Lipinski definition) is 3. The van der Waals surface area contributed by atoms with Gasteiger partial charge in [-0.05, 0) is 25.5 Å². The summed E-state index contributed by atoms with van der Waals surface area (Å²) in [5.41, 5.74) is -0.701. The standard InChI is InChI=1S/C13H17NO4/c1-3-13(2,8-15)14-11(16)9-6-4-5-7-10(9)12(17)18/h4-7,15H,3,8H2,1-2H3,(H,14,16)(H,17,18). The first kappa shape index (κ1) is 14.2. The average Bonchev–Trinajstić information content (AvgIpc) is 2.38. The van der Waals surface area contributed by atoms with Crippen LogP contribution in [0.2, 0.25) is 0 Å². The molecule has 1 aromatic rings. The molecule has 98 valence electrons. The highest BCUT2D eigenvalue weighted by Crippen LogP contribution is 2.13. The van der Waals surface area contributed by atoms with E-state index in [0.29, 0.717) is 6.42 Å². The van der Waals surface area contributed by atoms with Gasteiger partial charge in [0.1, 0.15) is 0 Å². The van der Waals surface area contributed by atoms with Gasteiger partial charge in [-0.1, -0.05) is 19.1 Å². The van der Waals surface area contributed by atoms with E-state index in [9.17, 15) is 14.7 Å². The number of rotatable bonds is 5. The Bertz CT molecular complexity index is 452. The molecule has 0 aliphatic heterocycles. The van der Waals surface area contributed by atoms with E-state index in [2.05, 4.69) is 5.32 Å². The number of aliphatic hydroxyl groups excluding tert-OH is 1. The Balaban J connectivity index is 3.01. The lowest BCUT2D eigenvalue weighted by Crippen LogP contribution is -2.48. The second kappa shape index (κ2) is 5.64. The van der Waals surface area contributed by atoms with Gasteiger partial charge in [-0.25, -0.2) is 4.79 Å². The molecule has 0 aliphatic rings. The predicted octanol–water partition coefficient (Wildman–Crippen LogP) is 1.28. The highest BCUT2D eigenvalue weighted by atomic mass is 16.4. The van der Waals surface area contributed by atoms with Gasteiger partial charge in [0, 0.05) is 0 Å². The van der Waals surface area contributed by atoms with Crippen LogP contribution >= 0.6 is 0 Å². The van der Waals surface area contributed by atoms with E-state index in [1.54, 1.807) is 19.1 Å². The first-order valence-electron chi connectivity index (χ1n) is 5.69. The van der Waals surface area contributed by atoms with Crippen LogP contribution < -0.4 is 5.32 Å². The van der Waals surface area contributed by atoms with Crippen molar-refractivity contribution in [2.45, 2.75) is 25.8 Å². The van der Waals surface area contributed by atoms with Crippen molar-refractivity contribution in [2.75, 3.05) is 6.61 Å². The molecule has 1 atom stereocenters. The fourth-order valence-corrected chi connectivity index (χ4v) is 1.45. The maximum absolute atomic E-state index is 12.0. The number of benzene rings is 1. The molecule has 0 bridgehead atoms. The third-order valence-electron chi connectivity index (χ3n) is 2.95. The van der Waals surface area contributed by atoms with Crippen LogP contribution in [0.15, 0.2) is 24.3 Å². The van der Waals surface area contributed by atoms with Crippen molar-refractivity contribution in [3.05, 3.63) is 35.4 Å². The molecule has 0 fully saturated rings. The first-order valence-corrected chi connectivity index (χ1v) is 5.69. The fraction of sp³-hybridized carbons (Fsp3) is 0.385. The number of aliphatic hydroxyl groups is 1. The van der Waals surface area contributed by atoms with Crippen molar-refractivity contribution in [3.63, 3.8) is 0 Å². The summed E-state index contributed by atoms with van der Waals surface area (Å²) in [6, 6.07) is 5.99. The molecule has 0 saturated carbocycles. The van der Waals surface area contributed by atoms with Crippen LogP contribution in [0, 0.1) is 0 Å². The summed E-state index contributed by atoms with van der Waals surface area (Å²) in [6.45, 7) is 3.33. The van der Waals surface area contributed by atoms with Gasteiger partial charge in [-0.2, -0.15) is 0 Å². The zero-order valence-corrected chi connectivity index (χ0v) is 10.4. The predicted molar refractivity (Wildman–Crippen MR) is 66.6 cm³/mol. The minimum atomic E-state index is -1.15. The number of nitrogens with one attached hydrogen (secondary N) is 1. The number of aromatic carboxylic acids is 1. The lowest BCUT2D eigenvalue weighted by molar-refractivity contribution is 0.0687. The maximum Gasteiger partial charge on any atom is 0.336 e. The number of amides is 1. The molecule has 0 radical (unpaired) electrons. The van der Waals surface area contributed by atoms with Gasteiger partial charge in [0.25, 0.3) is 5.91 Å². The Morgan fingerprint density at radius 3 is 2.28 bits per heavy atom. The van der Waals surface area contributed by atoms with Crippen molar-refractivity contribution in [1.29, 1.82) is 0 Å². The Kier molecular flexibility index (Phi) is 4.44. The summed E-state index contributed by atoms with van der Waals surface area (Å²) in [4.78, 5) is 23.0. The molecule has 1 unspecified atom stereocenters. The van der Waals surface area contributed by atoms with Crippen molar-refractivity contribution in [3.8, 4) is 0 Å². The fourth-order valence-electron chi connectivity index (χ4n) is 1.45. The highest BCUT2D eigenvalue weighted by Gasteiger charge is 2.25. The highest BCUT2D eigenvalue weighted by molar-refractivity contribution is 6.04. The first-order chi connectivity index (χ1) is 8.43. The van der Waals surface area contributed by atoms with Gasteiger partial charge in [-0.15, -0.1) is 0 Å². The Morgan fingerprint density at radius 1 is 1.28 bits per heavy atom. The normalized spacial score (nSPS) is 13.7. The Labute approximate surface area is 105 Å². The molecular formula is C13H17NO4. The van der Waals surface area contributed by atoms with Crippen LogP contribution in [-0.4, -0.2) is 34.2 Å². The molecule has 5 heteroatoms. The summed E-state index contributed by atoms with van der Waals surface area (Å²) < 4.78 is 0. The molecule has 1 rings (SSSR count). The summed E-state index contributed by atoms with van der Waals surface area (Å²) in [5, 5.41) is 20.9. The zero-order valence-electron chi connectivity index (χ0n) is 10.4. The molecule has 0 heterocycles. The molecular weight excluding hydrogens is 234 g/mol. The van der Waals surface area contributed by atoms with Gasteiger partial charge in [0.15, 0.2) is 0 Å². The third-order valence-corrected chi connectivity index (χ3v) is 2.95. The van der Waals surface area contributed by atoms with Gasteiger partial charge >= 0.3 is 5.97 Å². The van der Waals surface area contributed by atoms with E-state index in [1.807, 2.05) is 6.92 Å². The van der Waals surface area contributed by atoms with E-state index in [0.717, 1.165) is 0 Å². The largest absolute Gasteiger partial charge is 0.478 e. The van der Waals surface area contributed by atoms with Crippen LogP contribution in [-0.2, 0) is 0 Å². The van der Waals surface area contributed by atoms with Crippen LogP contribution in [0.25, 0.3) is 0 Å². The zero-order chi connectivity index (χ0) is 13.8. The summed E-state index contributed by atoms with van der Waals surface area (Å²) in [7, 11) is 0. The smallest absolute Gasteiger partial charge is 0.336 e. The minimum absolute atomic E-state index is 0.0496. The van der Waals surface area contributed by atoms with Crippen molar-refractivity contribution < 1.29 is 19.8 Å². The van der Waals surface area contributed by atoms with Crippen LogP contribution in [0.4, 0.5) is 0 Å². The molecule has 0 aliphatic carbocycles. The van der Waals surface area contributed by atoms with Crippen LogP contribution in [0.1, 0.15) is 41.0 Å². The molecule has 5 nitrogen and oxygen atoms in total. The lowest BCUT2D eigenvalue weighted by atomic mass is 9.98. The number of hydrogen-bond donors (Lipinski definition) is 3. The minimum Gasteiger partial charge on any atom is -0.478 e. The molecule has 0 aromatic heterocycles. The number of carboxylic acids is 1. The van der Waals surface area contributed by atoms with Crippen LogP contribution in [0.5, 0.6) is 0 Å². The molecule has 1 aromatic carbocycles. The quantitative estimate of drug-likeness (QED) is 0.735. The molecule has 3 N–H and O–H groups in total. The van der Waals surface area contributed by atoms with E-state index in [4.69, 9.17) is 5.11 Å². The SMILES string of the molecule is CCC(C)(CO)NC(=O)c1ccccc1C(=O)O. The topological polar surface area (TPSA) is 86.6 Å². The molecule has 1 amide bonds. The summed E-state index contributed by atoms with van der Waals surface area (Å²) in [5.74, 6) is -1.64. The second-order valence-corrected chi connectivity index (χ2v) is 4.38. The Morgan fingerprint density at radius 2 is 1.83 bits per heavy atom. The number of carbonyl (C=O) groups is 2. The number of carboxylic acid groups (broad SMARTS) is 1. The maximum atomic E-state index is 12.0. The number of carbonyl (C=O) groups excluding carboxylic acids is 1. The van der Waals surface area contributed by atoms with E-state index in [1.165, 1.54) is 12.1 Å². The van der Waals surface area contributed by atoms with Crippen molar-refractivity contribution in [2.24, 2.45) is 0 Å². The van der Waals surface area contributed by atoms with Gasteiger partial charge in [0.05, 0.1) is 23.3 Å². The summed E-state index contributed by atoms with van der Waals surface area (Å²) in [6.07, 6.45) is 0.546. The molecule has 0 saturated heterocycles. The molecule has 0 spiro atoms. The van der Waals surface area contributed by atoms with Gasteiger partial charge in [0.2, 0.25) is 0 Å². The van der Waals surface area contributed by atoms with Gasteiger partial charge < -0.3 is 15.5 Å². The van der Waals surface area contributed by atoms with Crippen molar-refractivity contribution in [1.82, 2.24) is 5.32 Å². The van der Waals surface area contributed by atoms with E-state index >= 15 is 0 Å². The van der Waals surface area contributed by atoms with Crippen molar-refractivity contribution >= 4 is 11.9 Å². The average molecular weight is 251 g/mol. The lowest BCUT2D eigenvalue weighted by Gasteiger charge is -2.27. The van der Waals surface area contributed by atoms with E-state index in [-0.39, 0.29) is 17.7 Å². The van der Waals surface area contributed by atoms with E-state index < -0.39 is 17.4 Å². The molecule has 18 heavy (non-hydrogen) atoms. The monoisotopic (exact) mass is 251 g/mol. The second-order valence-electron chi connectivity index (χ2n) is 4.38. The summed E-state index contributed by atoms with van der Waals surface area (Å²) >= 11 is 0.